The Labute approximate surface area is 105 Å². The maximum absolute atomic E-state index is 11.0. The lowest BCUT2D eigenvalue weighted by Gasteiger charge is -2.18. The van der Waals surface area contributed by atoms with E-state index in [9.17, 15) is 4.79 Å². The monoisotopic (exact) mass is 255 g/mol. The molecule has 6 heteroatoms. The fourth-order valence-corrected chi connectivity index (χ4v) is 2.91. The van der Waals surface area contributed by atoms with Gasteiger partial charge in [0, 0.05) is 19.6 Å². The Balaban J connectivity index is 2.16. The minimum absolute atomic E-state index is 0.359. The Morgan fingerprint density at radius 2 is 2.12 bits per heavy atom. The number of aryl methyl sites for hydroxylation is 1. The number of carboxylic acid groups (broad SMARTS) is 1. The normalized spacial score (nSPS) is 18.1. The van der Waals surface area contributed by atoms with Crippen molar-refractivity contribution in [2.45, 2.75) is 13.3 Å². The third-order valence-corrected chi connectivity index (χ3v) is 4.18. The van der Waals surface area contributed by atoms with Crippen LogP contribution < -0.4 is 4.90 Å². The summed E-state index contributed by atoms with van der Waals surface area (Å²) in [6, 6.07) is 0. The van der Waals surface area contributed by atoms with Gasteiger partial charge in [-0.1, -0.05) is 11.3 Å². The number of likely N-dealkylation sites (N-methyl/N-ethyl adjacent to an activating group) is 1. The summed E-state index contributed by atoms with van der Waals surface area (Å²) in [5.74, 6) is -0.877. The molecule has 1 saturated heterocycles. The maximum atomic E-state index is 11.0. The number of carboxylic acids is 1. The third-order valence-electron chi connectivity index (χ3n) is 2.97. The van der Waals surface area contributed by atoms with Gasteiger partial charge in [0.15, 0.2) is 5.13 Å². The first-order valence-electron chi connectivity index (χ1n) is 5.72. The minimum Gasteiger partial charge on any atom is -0.477 e. The first kappa shape index (κ1) is 12.3. The Morgan fingerprint density at radius 3 is 2.76 bits per heavy atom. The molecule has 0 aromatic carbocycles. The van der Waals surface area contributed by atoms with Crippen LogP contribution in [0.3, 0.4) is 0 Å². The molecular weight excluding hydrogens is 238 g/mol. The zero-order chi connectivity index (χ0) is 12.4. The Hall–Kier alpha value is -1.14. The molecule has 0 amide bonds. The number of rotatable bonds is 2. The van der Waals surface area contributed by atoms with Gasteiger partial charge in [0.1, 0.15) is 4.88 Å². The van der Waals surface area contributed by atoms with Gasteiger partial charge in [-0.3, -0.25) is 0 Å². The molecule has 0 aliphatic carbocycles. The molecule has 0 atom stereocenters. The summed E-state index contributed by atoms with van der Waals surface area (Å²) in [5.41, 5.74) is 0.620. The molecule has 1 fully saturated rings. The average Bonchev–Trinajstić information content (AvgIpc) is 2.52. The van der Waals surface area contributed by atoms with Gasteiger partial charge in [-0.2, -0.15) is 0 Å². The number of thiazole rings is 1. The van der Waals surface area contributed by atoms with E-state index in [4.69, 9.17) is 5.11 Å². The minimum atomic E-state index is -0.877. The standard InChI is InChI=1S/C11H17N3O2S/c1-8-9(10(15)16)17-11(12-8)14-5-3-4-13(2)6-7-14/h3-7H2,1-2H3,(H,15,16). The van der Waals surface area contributed by atoms with Crippen LogP contribution in [0.2, 0.25) is 0 Å². The van der Waals surface area contributed by atoms with Crippen LogP contribution in [-0.2, 0) is 0 Å². The smallest absolute Gasteiger partial charge is 0.347 e. The number of hydrogen-bond donors (Lipinski definition) is 1. The van der Waals surface area contributed by atoms with Crippen molar-refractivity contribution in [2.24, 2.45) is 0 Å². The predicted molar refractivity (Wildman–Crippen MR) is 68.1 cm³/mol. The molecule has 0 saturated carbocycles. The van der Waals surface area contributed by atoms with Gasteiger partial charge in [-0.15, -0.1) is 0 Å². The highest BCUT2D eigenvalue weighted by atomic mass is 32.1. The Kier molecular flexibility index (Phi) is 3.63. The lowest BCUT2D eigenvalue weighted by Crippen LogP contribution is -2.28. The molecule has 0 radical (unpaired) electrons. The first-order chi connectivity index (χ1) is 8.08. The Bertz CT molecular complexity index is 419. The molecule has 2 heterocycles. The molecule has 2 rings (SSSR count). The van der Waals surface area contributed by atoms with Gasteiger partial charge < -0.3 is 14.9 Å². The average molecular weight is 255 g/mol. The van der Waals surface area contributed by atoms with E-state index < -0.39 is 5.97 Å². The van der Waals surface area contributed by atoms with Crippen molar-refractivity contribution >= 4 is 22.4 Å². The van der Waals surface area contributed by atoms with Crippen molar-refractivity contribution in [3.63, 3.8) is 0 Å². The maximum Gasteiger partial charge on any atom is 0.347 e. The quantitative estimate of drug-likeness (QED) is 0.863. The number of aromatic nitrogens is 1. The van der Waals surface area contributed by atoms with Crippen LogP contribution in [0, 0.1) is 6.92 Å². The molecule has 0 spiro atoms. The summed E-state index contributed by atoms with van der Waals surface area (Å²) in [5, 5.41) is 9.86. The predicted octanol–water partition coefficient (Wildman–Crippen LogP) is 1.29. The van der Waals surface area contributed by atoms with Crippen LogP contribution in [0.4, 0.5) is 5.13 Å². The summed E-state index contributed by atoms with van der Waals surface area (Å²) in [6.45, 7) is 5.72. The fourth-order valence-electron chi connectivity index (χ4n) is 1.95. The van der Waals surface area contributed by atoms with E-state index in [1.165, 1.54) is 11.3 Å². The molecule has 1 N–H and O–H groups in total. The van der Waals surface area contributed by atoms with Crippen molar-refractivity contribution < 1.29 is 9.90 Å². The summed E-state index contributed by atoms with van der Waals surface area (Å²) in [7, 11) is 2.11. The second-order valence-corrected chi connectivity index (χ2v) is 5.34. The molecule has 0 bridgehead atoms. The highest BCUT2D eigenvalue weighted by Crippen LogP contribution is 2.26. The second-order valence-electron chi connectivity index (χ2n) is 4.36. The van der Waals surface area contributed by atoms with Gasteiger partial charge in [-0.05, 0) is 26.9 Å². The lowest BCUT2D eigenvalue weighted by molar-refractivity contribution is 0.0701. The second kappa shape index (κ2) is 5.01. The summed E-state index contributed by atoms with van der Waals surface area (Å²) in [4.78, 5) is 20.2. The summed E-state index contributed by atoms with van der Waals surface area (Å²) < 4.78 is 0. The summed E-state index contributed by atoms with van der Waals surface area (Å²) in [6.07, 6.45) is 1.09. The van der Waals surface area contributed by atoms with E-state index in [1.807, 2.05) is 0 Å². The molecule has 1 aliphatic heterocycles. The first-order valence-corrected chi connectivity index (χ1v) is 6.54. The lowest BCUT2D eigenvalue weighted by atomic mass is 10.4. The van der Waals surface area contributed by atoms with Crippen LogP contribution in [-0.4, -0.2) is 54.2 Å². The van der Waals surface area contributed by atoms with Gasteiger partial charge in [-0.25, -0.2) is 9.78 Å². The SMILES string of the molecule is Cc1nc(N2CCCN(C)CC2)sc1C(=O)O. The topological polar surface area (TPSA) is 56.7 Å². The summed E-state index contributed by atoms with van der Waals surface area (Å²) >= 11 is 1.28. The number of aromatic carboxylic acids is 1. The van der Waals surface area contributed by atoms with Gasteiger partial charge >= 0.3 is 5.97 Å². The molecule has 5 nitrogen and oxygen atoms in total. The van der Waals surface area contributed by atoms with Crippen molar-refractivity contribution in [2.75, 3.05) is 38.1 Å². The van der Waals surface area contributed by atoms with E-state index in [2.05, 4.69) is 21.8 Å². The number of nitrogens with zero attached hydrogens (tertiary/aromatic N) is 3. The van der Waals surface area contributed by atoms with Gasteiger partial charge in [0.25, 0.3) is 0 Å². The van der Waals surface area contributed by atoms with Gasteiger partial charge in [0.2, 0.25) is 0 Å². The molecule has 1 aromatic heterocycles. The largest absolute Gasteiger partial charge is 0.477 e. The van der Waals surface area contributed by atoms with Crippen molar-refractivity contribution in [1.29, 1.82) is 0 Å². The highest BCUT2D eigenvalue weighted by Gasteiger charge is 2.19. The van der Waals surface area contributed by atoms with Gasteiger partial charge in [0.05, 0.1) is 5.69 Å². The van der Waals surface area contributed by atoms with E-state index in [0.717, 1.165) is 37.7 Å². The van der Waals surface area contributed by atoms with E-state index >= 15 is 0 Å². The number of hydrogen-bond acceptors (Lipinski definition) is 5. The molecule has 0 unspecified atom stereocenters. The molecule has 1 aromatic rings. The van der Waals surface area contributed by atoms with Crippen molar-refractivity contribution in [1.82, 2.24) is 9.88 Å². The van der Waals surface area contributed by atoms with Crippen LogP contribution in [0.5, 0.6) is 0 Å². The number of anilines is 1. The van der Waals surface area contributed by atoms with Crippen LogP contribution in [0.1, 0.15) is 21.8 Å². The van der Waals surface area contributed by atoms with Crippen LogP contribution in [0.15, 0.2) is 0 Å². The third kappa shape index (κ3) is 2.76. The molecule has 94 valence electrons. The van der Waals surface area contributed by atoms with Crippen molar-refractivity contribution in [3.05, 3.63) is 10.6 Å². The van der Waals surface area contributed by atoms with E-state index in [1.54, 1.807) is 6.92 Å². The fraction of sp³-hybridized carbons (Fsp3) is 0.636. The molecular formula is C11H17N3O2S. The van der Waals surface area contributed by atoms with E-state index in [-0.39, 0.29) is 0 Å². The van der Waals surface area contributed by atoms with E-state index in [0.29, 0.717) is 10.6 Å². The van der Waals surface area contributed by atoms with Crippen LogP contribution >= 0.6 is 11.3 Å². The zero-order valence-electron chi connectivity index (χ0n) is 10.1. The highest BCUT2D eigenvalue weighted by molar-refractivity contribution is 7.17. The van der Waals surface area contributed by atoms with Crippen LogP contribution in [0.25, 0.3) is 0 Å². The zero-order valence-corrected chi connectivity index (χ0v) is 11.0. The molecule has 1 aliphatic rings. The molecule has 17 heavy (non-hydrogen) atoms. The number of carbonyl (C=O) groups is 1. The van der Waals surface area contributed by atoms with Crippen molar-refractivity contribution in [3.8, 4) is 0 Å². The Morgan fingerprint density at radius 1 is 1.35 bits per heavy atom.